The predicted octanol–water partition coefficient (Wildman–Crippen LogP) is 15.2. The summed E-state index contributed by atoms with van der Waals surface area (Å²) in [4.78, 5) is 2.31. The van der Waals surface area contributed by atoms with E-state index in [0.29, 0.717) is 0 Å². The second-order valence-corrected chi connectivity index (χ2v) is 15.4. The van der Waals surface area contributed by atoms with Crippen LogP contribution in [0.25, 0.3) is 80.7 Å². The number of rotatable bonds is 6. The lowest BCUT2D eigenvalue weighted by molar-refractivity contribution is 0.629. The van der Waals surface area contributed by atoms with Gasteiger partial charge in [-0.2, -0.15) is 0 Å². The van der Waals surface area contributed by atoms with Gasteiger partial charge in [0.2, 0.25) is 0 Å². The number of thiophene rings is 1. The van der Waals surface area contributed by atoms with E-state index in [9.17, 15) is 4.39 Å². The summed E-state index contributed by atoms with van der Waals surface area (Å²) in [5.41, 5.74) is 10.7. The Hall–Kier alpha value is -7.01. The molecule has 0 aliphatic rings. The fourth-order valence-corrected chi connectivity index (χ4v) is 9.61. The SMILES string of the molecule is Fc1ccc2c3ccccc3n(-c3cccc(N(c4ccc(-c5ccc6ccccc6c5)cc4)c4ccc(-c5cccc6c5sc5ccccc56)cc4)c3)c2c1. The maximum atomic E-state index is 14.8. The van der Waals surface area contributed by atoms with E-state index < -0.39 is 0 Å². The molecule has 56 heavy (non-hydrogen) atoms. The second-order valence-electron chi connectivity index (χ2n) is 14.3. The number of para-hydroxylation sites is 1. The summed E-state index contributed by atoms with van der Waals surface area (Å²) in [6.07, 6.45) is 0. The third-order valence-corrected chi connectivity index (χ3v) is 12.3. The van der Waals surface area contributed by atoms with E-state index >= 15 is 0 Å². The lowest BCUT2D eigenvalue weighted by Gasteiger charge is -2.26. The number of hydrogen-bond acceptors (Lipinski definition) is 2. The van der Waals surface area contributed by atoms with Crippen LogP contribution in [0.1, 0.15) is 0 Å². The molecule has 2 aromatic heterocycles. The molecule has 2 heterocycles. The van der Waals surface area contributed by atoms with Crippen LogP contribution >= 0.6 is 11.3 Å². The molecule has 264 valence electrons. The minimum atomic E-state index is -0.253. The van der Waals surface area contributed by atoms with Crippen LogP contribution in [0, 0.1) is 5.82 Å². The minimum absolute atomic E-state index is 0.253. The van der Waals surface area contributed by atoms with Crippen LogP contribution < -0.4 is 4.90 Å². The fourth-order valence-electron chi connectivity index (χ4n) is 8.38. The molecule has 0 saturated carbocycles. The van der Waals surface area contributed by atoms with Gasteiger partial charge in [0.25, 0.3) is 0 Å². The van der Waals surface area contributed by atoms with E-state index in [0.717, 1.165) is 50.1 Å². The molecular weight excluding hydrogens is 704 g/mol. The Morgan fingerprint density at radius 2 is 1.07 bits per heavy atom. The van der Waals surface area contributed by atoms with Gasteiger partial charge in [-0.3, -0.25) is 0 Å². The Morgan fingerprint density at radius 3 is 1.91 bits per heavy atom. The van der Waals surface area contributed by atoms with E-state index in [1.807, 2.05) is 29.5 Å². The summed E-state index contributed by atoms with van der Waals surface area (Å²) in [6.45, 7) is 0. The average Bonchev–Trinajstić information content (AvgIpc) is 3.80. The van der Waals surface area contributed by atoms with Crippen molar-refractivity contribution in [1.29, 1.82) is 0 Å². The first-order valence-electron chi connectivity index (χ1n) is 18.9. The zero-order chi connectivity index (χ0) is 37.2. The third kappa shape index (κ3) is 5.37. The minimum Gasteiger partial charge on any atom is -0.310 e. The zero-order valence-electron chi connectivity index (χ0n) is 30.2. The lowest BCUT2D eigenvalue weighted by atomic mass is 10.0. The van der Waals surface area contributed by atoms with Crippen molar-refractivity contribution in [2.24, 2.45) is 0 Å². The number of anilines is 3. The quantitative estimate of drug-likeness (QED) is 0.165. The fraction of sp³-hybridized carbons (Fsp3) is 0. The van der Waals surface area contributed by atoms with Gasteiger partial charge in [-0.05, 0) is 112 Å². The Kier molecular flexibility index (Phi) is 7.58. The molecule has 0 saturated heterocycles. The van der Waals surface area contributed by atoms with Crippen LogP contribution in [-0.4, -0.2) is 4.57 Å². The molecule has 11 rings (SSSR count). The highest BCUT2D eigenvalue weighted by molar-refractivity contribution is 7.26. The van der Waals surface area contributed by atoms with Crippen molar-refractivity contribution >= 4 is 81.1 Å². The van der Waals surface area contributed by atoms with Gasteiger partial charge < -0.3 is 9.47 Å². The number of benzene rings is 9. The van der Waals surface area contributed by atoms with Crippen LogP contribution in [0.5, 0.6) is 0 Å². The summed E-state index contributed by atoms with van der Waals surface area (Å²) >= 11 is 1.85. The lowest BCUT2D eigenvalue weighted by Crippen LogP contribution is -2.10. The largest absolute Gasteiger partial charge is 0.310 e. The van der Waals surface area contributed by atoms with E-state index in [4.69, 9.17) is 0 Å². The first-order chi connectivity index (χ1) is 27.7. The highest BCUT2D eigenvalue weighted by Gasteiger charge is 2.18. The molecule has 0 N–H and O–H groups in total. The molecule has 0 bridgehead atoms. The molecule has 4 heteroatoms. The van der Waals surface area contributed by atoms with Crippen molar-refractivity contribution in [3.63, 3.8) is 0 Å². The van der Waals surface area contributed by atoms with Gasteiger partial charge in [-0.15, -0.1) is 11.3 Å². The van der Waals surface area contributed by atoms with Crippen molar-refractivity contribution in [1.82, 2.24) is 4.57 Å². The molecule has 0 spiro atoms. The highest BCUT2D eigenvalue weighted by atomic mass is 32.1. The second kappa shape index (κ2) is 13.1. The first-order valence-corrected chi connectivity index (χ1v) is 19.7. The van der Waals surface area contributed by atoms with Crippen LogP contribution in [0.15, 0.2) is 200 Å². The molecule has 11 aromatic rings. The Labute approximate surface area is 327 Å². The van der Waals surface area contributed by atoms with Gasteiger partial charge in [0, 0.05) is 53.7 Å². The average molecular weight is 737 g/mol. The third-order valence-electron chi connectivity index (χ3n) is 11.0. The first kappa shape index (κ1) is 32.4. The molecule has 0 unspecified atom stereocenters. The van der Waals surface area contributed by atoms with Gasteiger partial charge in [-0.1, -0.05) is 121 Å². The molecule has 9 aromatic carbocycles. The summed E-state index contributed by atoms with van der Waals surface area (Å²) in [5.74, 6) is -0.253. The monoisotopic (exact) mass is 736 g/mol. The summed E-state index contributed by atoms with van der Waals surface area (Å²) in [5, 5.41) is 7.18. The summed E-state index contributed by atoms with van der Waals surface area (Å²) in [7, 11) is 0. The number of hydrogen-bond donors (Lipinski definition) is 0. The highest BCUT2D eigenvalue weighted by Crippen LogP contribution is 2.42. The smallest absolute Gasteiger partial charge is 0.125 e. The van der Waals surface area contributed by atoms with Crippen LogP contribution in [0.2, 0.25) is 0 Å². The zero-order valence-corrected chi connectivity index (χ0v) is 31.0. The maximum absolute atomic E-state index is 14.8. The van der Waals surface area contributed by atoms with Crippen molar-refractivity contribution < 1.29 is 4.39 Å². The predicted molar refractivity (Wildman–Crippen MR) is 237 cm³/mol. The van der Waals surface area contributed by atoms with E-state index in [-0.39, 0.29) is 5.82 Å². The van der Waals surface area contributed by atoms with E-state index in [2.05, 4.69) is 179 Å². The molecule has 0 radical (unpaired) electrons. The molecule has 0 aliphatic carbocycles. The van der Waals surface area contributed by atoms with Crippen LogP contribution in [0.3, 0.4) is 0 Å². The summed E-state index contributed by atoms with van der Waals surface area (Å²) in [6, 6.07) is 70.1. The number of nitrogens with zero attached hydrogens (tertiary/aromatic N) is 2. The molecule has 2 nitrogen and oxygen atoms in total. The van der Waals surface area contributed by atoms with Crippen LogP contribution in [0.4, 0.5) is 21.5 Å². The van der Waals surface area contributed by atoms with Crippen molar-refractivity contribution in [2.75, 3.05) is 4.90 Å². The Balaban J connectivity index is 1.05. The van der Waals surface area contributed by atoms with Gasteiger partial charge in [0.1, 0.15) is 5.82 Å². The maximum Gasteiger partial charge on any atom is 0.125 e. The topological polar surface area (TPSA) is 8.17 Å². The molecule has 0 fully saturated rings. The molecule has 0 atom stereocenters. The van der Waals surface area contributed by atoms with Gasteiger partial charge >= 0.3 is 0 Å². The molecule has 0 aliphatic heterocycles. The molecule has 0 amide bonds. The number of fused-ring (bicyclic) bond motifs is 7. The Morgan fingerprint density at radius 1 is 0.411 bits per heavy atom. The van der Waals surface area contributed by atoms with Crippen molar-refractivity contribution in [2.45, 2.75) is 0 Å². The normalized spacial score (nSPS) is 11.7. The van der Waals surface area contributed by atoms with Gasteiger partial charge in [0.05, 0.1) is 11.0 Å². The van der Waals surface area contributed by atoms with Crippen LogP contribution in [-0.2, 0) is 0 Å². The van der Waals surface area contributed by atoms with Gasteiger partial charge in [0.15, 0.2) is 0 Å². The van der Waals surface area contributed by atoms with E-state index in [1.165, 1.54) is 47.6 Å². The number of aromatic nitrogens is 1. The summed E-state index contributed by atoms with van der Waals surface area (Å²) < 4.78 is 19.6. The number of halogens is 1. The Bertz CT molecular complexity index is 3270. The molecular formula is C52H33FN2S. The standard InChI is InChI=1S/C52H33FN2S/c53-39-25-30-46-45-13-3-5-17-49(45)55(50(46)32-39)43-12-7-11-42(33-43)54(40-26-21-35(22-27-40)38-20-19-34-9-1-2-10-37(34)31-38)41-28-23-36(24-29-41)44-15-8-16-48-47-14-4-6-18-51(47)56-52(44)48/h1-33H. The van der Waals surface area contributed by atoms with Crippen molar-refractivity contribution in [3.8, 4) is 27.9 Å². The van der Waals surface area contributed by atoms with Crippen molar-refractivity contribution in [3.05, 3.63) is 206 Å². The van der Waals surface area contributed by atoms with Gasteiger partial charge in [-0.25, -0.2) is 4.39 Å². The van der Waals surface area contributed by atoms with E-state index in [1.54, 1.807) is 12.1 Å².